The van der Waals surface area contributed by atoms with Crippen LogP contribution in [0, 0.1) is 5.92 Å². The summed E-state index contributed by atoms with van der Waals surface area (Å²) in [6.45, 7) is 7.56. The number of aromatic nitrogens is 2. The highest BCUT2D eigenvalue weighted by atomic mass is 35.5. The third-order valence-corrected chi connectivity index (χ3v) is 7.86. The molecule has 0 aliphatic carbocycles. The summed E-state index contributed by atoms with van der Waals surface area (Å²) in [5, 5.41) is 0.852. The molecular weight excluding hydrogens is 497 g/mol. The Morgan fingerprint density at radius 1 is 1.00 bits per heavy atom. The van der Waals surface area contributed by atoms with Crippen LogP contribution in [0.15, 0.2) is 42.5 Å². The van der Waals surface area contributed by atoms with Gasteiger partial charge in [-0.1, -0.05) is 35.3 Å². The number of benzene rings is 2. The summed E-state index contributed by atoms with van der Waals surface area (Å²) in [6.07, 6.45) is 1.90. The van der Waals surface area contributed by atoms with Crippen molar-refractivity contribution in [1.29, 1.82) is 0 Å². The van der Waals surface area contributed by atoms with Crippen molar-refractivity contribution in [3.8, 4) is 0 Å². The average molecular weight is 528 g/mol. The van der Waals surface area contributed by atoms with Gasteiger partial charge in [-0.3, -0.25) is 14.5 Å². The number of aryl methyl sites for hydroxylation is 1. The Hall–Kier alpha value is -2.61. The Kier molecular flexibility index (Phi) is 7.51. The number of halogens is 2. The van der Waals surface area contributed by atoms with Gasteiger partial charge in [0.2, 0.25) is 5.91 Å². The average Bonchev–Trinajstić information content (AvgIpc) is 3.25. The van der Waals surface area contributed by atoms with Crippen LogP contribution in [0.3, 0.4) is 0 Å². The fraction of sp³-hybridized carbons (Fsp3) is 0.444. The Balaban J connectivity index is 1.19. The first-order chi connectivity index (χ1) is 17.4. The van der Waals surface area contributed by atoms with Crippen LogP contribution in [0.4, 0.5) is 0 Å². The molecule has 0 spiro atoms. The van der Waals surface area contributed by atoms with Crippen molar-refractivity contribution in [3.63, 3.8) is 0 Å². The third kappa shape index (κ3) is 5.10. The Labute approximate surface area is 221 Å². The first-order valence-electron chi connectivity index (χ1n) is 12.6. The van der Waals surface area contributed by atoms with Crippen LogP contribution in [0.25, 0.3) is 11.0 Å². The molecule has 36 heavy (non-hydrogen) atoms. The molecule has 0 unspecified atom stereocenters. The monoisotopic (exact) mass is 527 g/mol. The maximum atomic E-state index is 13.4. The van der Waals surface area contributed by atoms with Crippen LogP contribution >= 0.6 is 23.2 Å². The van der Waals surface area contributed by atoms with Gasteiger partial charge in [0.15, 0.2) is 0 Å². The lowest BCUT2D eigenvalue weighted by Crippen LogP contribution is -2.53. The van der Waals surface area contributed by atoms with Crippen molar-refractivity contribution < 1.29 is 9.59 Å². The van der Waals surface area contributed by atoms with Crippen LogP contribution < -0.4 is 0 Å². The highest BCUT2D eigenvalue weighted by Gasteiger charge is 2.32. The largest absolute Gasteiger partial charge is 0.339 e. The number of piperidine rings is 1. The highest BCUT2D eigenvalue weighted by molar-refractivity contribution is 6.36. The molecule has 190 valence electrons. The summed E-state index contributed by atoms with van der Waals surface area (Å²) in [6, 6.07) is 13.2. The summed E-state index contributed by atoms with van der Waals surface area (Å²) in [5.41, 5.74) is 2.63. The number of para-hydroxylation sites is 2. The molecule has 1 atom stereocenters. The van der Waals surface area contributed by atoms with Gasteiger partial charge in [-0.2, -0.15) is 0 Å². The van der Waals surface area contributed by atoms with Crippen LogP contribution in [0.1, 0.15) is 35.9 Å². The molecule has 3 aromatic rings. The number of nitrogens with zero attached hydrogens (tertiary/aromatic N) is 5. The van der Waals surface area contributed by atoms with E-state index in [0.29, 0.717) is 41.8 Å². The molecular formula is C27H31Cl2N5O2. The van der Waals surface area contributed by atoms with Crippen molar-refractivity contribution in [3.05, 3.63) is 63.9 Å². The van der Waals surface area contributed by atoms with E-state index in [-0.39, 0.29) is 17.7 Å². The van der Waals surface area contributed by atoms with Crippen LogP contribution in [0.5, 0.6) is 0 Å². The second kappa shape index (κ2) is 10.8. The van der Waals surface area contributed by atoms with Gasteiger partial charge in [-0.25, -0.2) is 4.98 Å². The molecule has 2 saturated heterocycles. The number of amides is 2. The van der Waals surface area contributed by atoms with Crippen LogP contribution in [-0.4, -0.2) is 75.3 Å². The van der Waals surface area contributed by atoms with E-state index >= 15 is 0 Å². The van der Waals surface area contributed by atoms with Gasteiger partial charge in [-0.05, 0) is 56.6 Å². The molecule has 2 amide bonds. The molecule has 2 aliphatic heterocycles. The zero-order valence-electron chi connectivity index (χ0n) is 20.5. The van der Waals surface area contributed by atoms with Crippen LogP contribution in [-0.2, 0) is 17.9 Å². The topological polar surface area (TPSA) is 61.7 Å². The predicted molar refractivity (Wildman–Crippen MR) is 142 cm³/mol. The zero-order valence-corrected chi connectivity index (χ0v) is 22.0. The van der Waals surface area contributed by atoms with Gasteiger partial charge < -0.3 is 14.4 Å². The molecule has 2 fully saturated rings. The minimum Gasteiger partial charge on any atom is -0.339 e. The van der Waals surface area contributed by atoms with Crippen molar-refractivity contribution in [2.45, 2.75) is 32.9 Å². The molecule has 3 heterocycles. The van der Waals surface area contributed by atoms with Crippen molar-refractivity contribution >= 4 is 46.0 Å². The molecule has 2 aliphatic rings. The number of likely N-dealkylation sites (tertiary alicyclic amines) is 1. The van der Waals surface area contributed by atoms with E-state index in [9.17, 15) is 9.59 Å². The summed E-state index contributed by atoms with van der Waals surface area (Å²) in [7, 11) is 0. The first kappa shape index (κ1) is 25.1. The Morgan fingerprint density at radius 3 is 2.50 bits per heavy atom. The lowest BCUT2D eigenvalue weighted by Gasteiger charge is -2.39. The van der Waals surface area contributed by atoms with E-state index in [1.807, 2.05) is 17.0 Å². The number of rotatable bonds is 5. The quantitative estimate of drug-likeness (QED) is 0.487. The minimum atomic E-state index is -0.119. The summed E-state index contributed by atoms with van der Waals surface area (Å²) in [4.78, 5) is 37.2. The predicted octanol–water partition coefficient (Wildman–Crippen LogP) is 4.56. The highest BCUT2D eigenvalue weighted by Crippen LogP contribution is 2.25. The van der Waals surface area contributed by atoms with E-state index in [1.165, 1.54) is 0 Å². The van der Waals surface area contributed by atoms with E-state index in [2.05, 4.69) is 28.5 Å². The zero-order chi connectivity index (χ0) is 25.2. The SMILES string of the molecule is CCn1c(CN2CCC[C@@H](C(=O)N3CCN(C(=O)c4ccc(Cl)cc4Cl)CC3)C2)nc2ccccc21. The van der Waals surface area contributed by atoms with Gasteiger partial charge in [0, 0.05) is 44.3 Å². The van der Waals surface area contributed by atoms with Crippen molar-refractivity contribution in [1.82, 2.24) is 24.3 Å². The fourth-order valence-electron chi connectivity index (χ4n) is 5.42. The number of hydrogen-bond donors (Lipinski definition) is 0. The fourth-order valence-corrected chi connectivity index (χ4v) is 5.91. The number of fused-ring (bicyclic) bond motifs is 1. The molecule has 0 radical (unpaired) electrons. The molecule has 5 rings (SSSR count). The maximum Gasteiger partial charge on any atom is 0.255 e. The third-order valence-electron chi connectivity index (χ3n) is 7.31. The summed E-state index contributed by atoms with van der Waals surface area (Å²) in [5.74, 6) is 1.11. The Bertz CT molecular complexity index is 1270. The van der Waals surface area contributed by atoms with E-state index in [4.69, 9.17) is 28.2 Å². The molecule has 7 nitrogen and oxygen atoms in total. The van der Waals surface area contributed by atoms with Gasteiger partial charge >= 0.3 is 0 Å². The van der Waals surface area contributed by atoms with E-state index in [1.54, 1.807) is 23.1 Å². The van der Waals surface area contributed by atoms with Crippen LogP contribution in [0.2, 0.25) is 10.0 Å². The molecule has 2 aromatic carbocycles. The summed E-state index contributed by atoms with van der Waals surface area (Å²) < 4.78 is 2.27. The van der Waals surface area contributed by atoms with Gasteiger partial charge in [-0.15, -0.1) is 0 Å². The molecule has 0 bridgehead atoms. The van der Waals surface area contributed by atoms with E-state index < -0.39 is 0 Å². The standard InChI is InChI=1S/C27H31Cl2N5O2/c1-2-34-24-8-4-3-7-23(24)30-25(34)18-31-11-5-6-19(17-31)26(35)32-12-14-33(15-13-32)27(36)21-10-9-20(28)16-22(21)29/h3-4,7-10,16,19H,2,5-6,11-15,17-18H2,1H3/t19-/m1/s1. The van der Waals surface area contributed by atoms with Gasteiger partial charge in [0.25, 0.3) is 5.91 Å². The van der Waals surface area contributed by atoms with Gasteiger partial charge in [0.1, 0.15) is 5.82 Å². The normalized spacial score (nSPS) is 19.1. The molecule has 0 saturated carbocycles. The number of imidazole rings is 1. The number of piperazine rings is 1. The number of carbonyl (C=O) groups excluding carboxylic acids is 2. The molecule has 9 heteroatoms. The first-order valence-corrected chi connectivity index (χ1v) is 13.4. The van der Waals surface area contributed by atoms with Crippen molar-refractivity contribution in [2.24, 2.45) is 5.92 Å². The second-order valence-electron chi connectivity index (χ2n) is 9.58. The minimum absolute atomic E-state index is 0.0221. The second-order valence-corrected chi connectivity index (χ2v) is 10.4. The smallest absolute Gasteiger partial charge is 0.255 e. The maximum absolute atomic E-state index is 13.4. The Morgan fingerprint density at radius 2 is 1.75 bits per heavy atom. The molecule has 1 aromatic heterocycles. The number of carbonyl (C=O) groups is 2. The lowest BCUT2D eigenvalue weighted by molar-refractivity contribution is -0.139. The lowest BCUT2D eigenvalue weighted by atomic mass is 9.96. The van der Waals surface area contributed by atoms with E-state index in [0.717, 1.165) is 55.9 Å². The molecule has 0 N–H and O–H groups in total. The summed E-state index contributed by atoms with van der Waals surface area (Å²) >= 11 is 12.2. The van der Waals surface area contributed by atoms with Gasteiger partial charge in [0.05, 0.1) is 34.1 Å². The van der Waals surface area contributed by atoms with Crippen molar-refractivity contribution in [2.75, 3.05) is 39.3 Å². The number of hydrogen-bond acceptors (Lipinski definition) is 4.